The van der Waals surface area contributed by atoms with Gasteiger partial charge in [-0.05, 0) is 24.6 Å². The van der Waals surface area contributed by atoms with Crippen molar-refractivity contribution < 1.29 is 13.2 Å². The fourth-order valence-corrected chi connectivity index (χ4v) is 7.77. The lowest BCUT2D eigenvalue weighted by Gasteiger charge is -2.29. The van der Waals surface area contributed by atoms with Crippen LogP contribution in [0.15, 0.2) is 59.5 Å². The first-order chi connectivity index (χ1) is 11.7. The number of carbonyl (C=O) groups is 1. The van der Waals surface area contributed by atoms with Crippen LogP contribution >= 0.6 is 0 Å². The van der Waals surface area contributed by atoms with E-state index < -0.39 is 18.1 Å². The molecule has 1 amide bonds. The zero-order chi connectivity index (χ0) is 18.2. The lowest BCUT2D eigenvalue weighted by molar-refractivity contribution is -0.123. The van der Waals surface area contributed by atoms with E-state index in [1.165, 1.54) is 5.19 Å². The standard InChI is InChI=1S/C19H23NO3SSi/c1-15-9-11-16(12-10-15)24(22,23)20-14-18(13-19(20)21)25(2,3)17-7-5-4-6-8-17/h4-12,18H,13-14H2,1-3H3. The number of benzene rings is 2. The van der Waals surface area contributed by atoms with Crippen LogP contribution in [0.1, 0.15) is 12.0 Å². The lowest BCUT2D eigenvalue weighted by Crippen LogP contribution is -2.47. The van der Waals surface area contributed by atoms with Crippen LogP contribution < -0.4 is 5.19 Å². The molecule has 3 rings (SSSR count). The molecule has 0 aromatic heterocycles. The zero-order valence-electron chi connectivity index (χ0n) is 14.8. The molecule has 1 aliphatic heterocycles. The molecule has 2 aromatic rings. The van der Waals surface area contributed by atoms with Gasteiger partial charge in [0.2, 0.25) is 5.91 Å². The first kappa shape index (κ1) is 17.9. The van der Waals surface area contributed by atoms with Crippen molar-refractivity contribution >= 4 is 29.2 Å². The molecule has 4 nitrogen and oxygen atoms in total. The second-order valence-electron chi connectivity index (χ2n) is 7.23. The predicted octanol–water partition coefficient (Wildman–Crippen LogP) is 2.90. The molecule has 0 spiro atoms. The van der Waals surface area contributed by atoms with Gasteiger partial charge in [0.05, 0.1) is 13.0 Å². The lowest BCUT2D eigenvalue weighted by atomic mass is 10.2. The Balaban J connectivity index is 1.89. The quantitative estimate of drug-likeness (QED) is 0.775. The van der Waals surface area contributed by atoms with Crippen LogP contribution in [-0.4, -0.2) is 33.2 Å². The number of rotatable bonds is 4. The van der Waals surface area contributed by atoms with Crippen LogP contribution in [-0.2, 0) is 14.8 Å². The summed E-state index contributed by atoms with van der Waals surface area (Å²) in [6.45, 7) is 6.61. The SMILES string of the molecule is Cc1ccc(S(=O)(=O)N2CC([Si](C)(C)c3ccccc3)CC2=O)cc1. The molecular formula is C19H23NO3SSi. The maximum atomic E-state index is 12.9. The van der Waals surface area contributed by atoms with Gasteiger partial charge in [-0.2, -0.15) is 0 Å². The van der Waals surface area contributed by atoms with E-state index >= 15 is 0 Å². The van der Waals surface area contributed by atoms with Crippen molar-refractivity contribution in [1.29, 1.82) is 0 Å². The van der Waals surface area contributed by atoms with E-state index in [2.05, 4.69) is 25.2 Å². The van der Waals surface area contributed by atoms with Crippen molar-refractivity contribution in [2.45, 2.75) is 36.9 Å². The number of carbonyl (C=O) groups excluding carboxylic acids is 1. The maximum absolute atomic E-state index is 12.9. The smallest absolute Gasteiger partial charge is 0.266 e. The van der Waals surface area contributed by atoms with Gasteiger partial charge in [-0.3, -0.25) is 4.79 Å². The molecule has 0 saturated carbocycles. The average Bonchev–Trinajstić information content (AvgIpc) is 2.99. The molecule has 0 bridgehead atoms. The molecule has 1 fully saturated rings. The maximum Gasteiger partial charge on any atom is 0.266 e. The second-order valence-corrected chi connectivity index (χ2v) is 13.9. The van der Waals surface area contributed by atoms with E-state index in [-0.39, 0.29) is 22.9 Å². The summed E-state index contributed by atoms with van der Waals surface area (Å²) in [5, 5.41) is 1.25. The Hall–Kier alpha value is -1.92. The van der Waals surface area contributed by atoms with E-state index in [1.54, 1.807) is 24.3 Å². The normalized spacial score (nSPS) is 18.6. The third-order valence-corrected chi connectivity index (χ3v) is 11.3. The summed E-state index contributed by atoms with van der Waals surface area (Å²) in [6, 6.07) is 16.8. The van der Waals surface area contributed by atoms with Gasteiger partial charge < -0.3 is 0 Å². The average molecular weight is 374 g/mol. The molecule has 2 aromatic carbocycles. The third kappa shape index (κ3) is 3.28. The summed E-state index contributed by atoms with van der Waals surface area (Å²) >= 11 is 0. The van der Waals surface area contributed by atoms with Crippen molar-refractivity contribution in [2.75, 3.05) is 6.54 Å². The van der Waals surface area contributed by atoms with Gasteiger partial charge in [0.25, 0.3) is 10.0 Å². The van der Waals surface area contributed by atoms with Crippen LogP contribution in [0.4, 0.5) is 0 Å². The molecule has 0 radical (unpaired) electrons. The number of amides is 1. The fourth-order valence-electron chi connectivity index (χ4n) is 3.34. The van der Waals surface area contributed by atoms with Crippen LogP contribution in [0.2, 0.25) is 18.6 Å². The summed E-state index contributed by atoms with van der Waals surface area (Å²) in [6.07, 6.45) is 0.305. The molecule has 0 N–H and O–H groups in total. The van der Waals surface area contributed by atoms with Crippen molar-refractivity contribution in [3.8, 4) is 0 Å². The summed E-state index contributed by atoms with van der Waals surface area (Å²) in [7, 11) is -5.72. The van der Waals surface area contributed by atoms with E-state index in [1.807, 2.05) is 25.1 Å². The number of hydrogen-bond acceptors (Lipinski definition) is 3. The monoisotopic (exact) mass is 373 g/mol. The minimum Gasteiger partial charge on any atom is -0.274 e. The Morgan fingerprint density at radius 1 is 1.00 bits per heavy atom. The van der Waals surface area contributed by atoms with Crippen molar-refractivity contribution in [1.82, 2.24) is 4.31 Å². The second kappa shape index (κ2) is 6.42. The molecule has 1 heterocycles. The summed E-state index contributed by atoms with van der Waals surface area (Å²) < 4.78 is 26.9. The largest absolute Gasteiger partial charge is 0.274 e. The number of nitrogens with zero attached hydrogens (tertiary/aromatic N) is 1. The topological polar surface area (TPSA) is 54.5 Å². The van der Waals surface area contributed by atoms with Crippen molar-refractivity contribution in [2.24, 2.45) is 0 Å². The Kier molecular flexibility index (Phi) is 4.59. The van der Waals surface area contributed by atoms with Crippen LogP contribution in [0.25, 0.3) is 0 Å². The van der Waals surface area contributed by atoms with Gasteiger partial charge in [-0.1, -0.05) is 66.3 Å². The Morgan fingerprint density at radius 2 is 1.60 bits per heavy atom. The Morgan fingerprint density at radius 3 is 2.20 bits per heavy atom. The summed E-state index contributed by atoms with van der Waals surface area (Å²) in [5.41, 5.74) is 1.07. The van der Waals surface area contributed by atoms with Crippen LogP contribution in [0.5, 0.6) is 0 Å². The van der Waals surface area contributed by atoms with Gasteiger partial charge >= 0.3 is 0 Å². The molecule has 1 aliphatic rings. The number of sulfonamides is 1. The van der Waals surface area contributed by atoms with Crippen LogP contribution in [0.3, 0.4) is 0 Å². The Labute approximate surface area is 150 Å². The minimum atomic E-state index is -3.77. The van der Waals surface area contributed by atoms with E-state index in [0.29, 0.717) is 6.42 Å². The zero-order valence-corrected chi connectivity index (χ0v) is 16.6. The van der Waals surface area contributed by atoms with Gasteiger partial charge in [-0.25, -0.2) is 12.7 Å². The molecule has 25 heavy (non-hydrogen) atoms. The first-order valence-corrected chi connectivity index (χ1v) is 12.9. The molecular weight excluding hydrogens is 350 g/mol. The highest BCUT2D eigenvalue weighted by Gasteiger charge is 2.45. The van der Waals surface area contributed by atoms with E-state index in [9.17, 15) is 13.2 Å². The molecule has 1 atom stereocenters. The minimum absolute atomic E-state index is 0.0858. The first-order valence-electron chi connectivity index (χ1n) is 8.40. The van der Waals surface area contributed by atoms with Gasteiger partial charge in [0.1, 0.15) is 0 Å². The fraction of sp³-hybridized carbons (Fsp3) is 0.316. The van der Waals surface area contributed by atoms with Gasteiger partial charge in [0, 0.05) is 13.0 Å². The third-order valence-electron chi connectivity index (χ3n) is 5.23. The molecule has 6 heteroatoms. The van der Waals surface area contributed by atoms with Crippen molar-refractivity contribution in [3.63, 3.8) is 0 Å². The Bertz CT molecular complexity index is 877. The van der Waals surface area contributed by atoms with E-state index in [4.69, 9.17) is 0 Å². The molecule has 0 aliphatic carbocycles. The predicted molar refractivity (Wildman–Crippen MR) is 102 cm³/mol. The number of hydrogen-bond donors (Lipinski definition) is 0. The molecule has 1 saturated heterocycles. The van der Waals surface area contributed by atoms with Gasteiger partial charge in [-0.15, -0.1) is 0 Å². The highest BCUT2D eigenvalue weighted by atomic mass is 32.2. The van der Waals surface area contributed by atoms with Crippen LogP contribution in [0, 0.1) is 6.92 Å². The van der Waals surface area contributed by atoms with E-state index in [0.717, 1.165) is 9.87 Å². The highest BCUT2D eigenvalue weighted by molar-refractivity contribution is 7.89. The summed E-state index contributed by atoms with van der Waals surface area (Å²) in [4.78, 5) is 12.7. The highest BCUT2D eigenvalue weighted by Crippen LogP contribution is 2.35. The molecule has 132 valence electrons. The summed E-state index contributed by atoms with van der Waals surface area (Å²) in [5.74, 6) is -0.290. The van der Waals surface area contributed by atoms with Crippen molar-refractivity contribution in [3.05, 3.63) is 60.2 Å². The molecule has 1 unspecified atom stereocenters. The number of aryl methyl sites for hydroxylation is 1. The van der Waals surface area contributed by atoms with Gasteiger partial charge in [0.15, 0.2) is 0 Å².